The second-order valence-electron chi connectivity index (χ2n) is 27.6. The number of hydrogen-bond donors (Lipinski definition) is 7. The molecule has 0 spiro atoms. The second-order valence-corrected chi connectivity index (χ2v) is 27.6. The third kappa shape index (κ3) is 22.9. The zero-order valence-corrected chi connectivity index (χ0v) is 59.0. The molecule has 1 aliphatic heterocycles. The minimum Gasteiger partial charge on any atom is -0.390 e. The number of nitrogens with two attached hydrogens (primary N) is 1. The van der Waals surface area contributed by atoms with E-state index in [2.05, 4.69) is 21.3 Å². The highest BCUT2D eigenvalue weighted by atomic mass is 16.3. The maximum Gasteiger partial charge on any atom is 0.246 e. The largest absolute Gasteiger partial charge is 0.390 e. The molecule has 25 heteroatoms. The van der Waals surface area contributed by atoms with E-state index in [0.717, 1.165) is 14.7 Å². The SMILES string of the molecule is CC=CC[C@@H](C)[C@@H](O)[C@H]1C(=O)N[C@@H](CC)C(=O)N(C)[C@H](CCCN)C(=O)N(C)[C@@H](CC(C)(C)O)C(=O)N[C@@H](C(C)C)C(=O)N(C)[C@@H](CC(C)C)C(=O)N[C@@H](C)C(=O)N[C@H](C)C(=O)N(C)[C@@H](CC(C)C)C(=O)N(C)[C@@H](CC(C)C)C(=O)N(C)[C@@H](C(C)C)C(=O)N1C. The van der Waals surface area contributed by atoms with E-state index in [1.54, 1.807) is 60.6 Å². The fraction of sp³-hybridized carbons (Fsp3) is 0.800. The van der Waals surface area contributed by atoms with Gasteiger partial charge in [0.2, 0.25) is 65.0 Å². The van der Waals surface area contributed by atoms with E-state index in [1.165, 1.54) is 96.6 Å². The first-order valence-corrected chi connectivity index (χ1v) is 32.3. The summed E-state index contributed by atoms with van der Waals surface area (Å²) < 4.78 is 0. The number of rotatable bonds is 18. The van der Waals surface area contributed by atoms with Gasteiger partial charge in [-0.25, -0.2) is 0 Å². The minimum absolute atomic E-state index is 0.0147. The van der Waals surface area contributed by atoms with E-state index in [0.29, 0.717) is 0 Å². The Morgan fingerprint density at radius 3 is 1.38 bits per heavy atom. The van der Waals surface area contributed by atoms with E-state index in [9.17, 15) is 39.0 Å². The molecule has 11 amide bonds. The second kappa shape index (κ2) is 36.7. The summed E-state index contributed by atoms with van der Waals surface area (Å²) in [5.74, 6) is -10.4. The van der Waals surface area contributed by atoms with Crippen LogP contribution in [-0.2, 0) is 52.7 Å². The van der Waals surface area contributed by atoms with Crippen LogP contribution < -0.4 is 27.0 Å². The van der Waals surface area contributed by atoms with Crippen LogP contribution in [0.2, 0.25) is 0 Å². The number of aliphatic hydroxyl groups is 2. The number of aliphatic hydroxyl groups excluding tert-OH is 1. The quantitative estimate of drug-likeness (QED) is 0.0971. The summed E-state index contributed by atoms with van der Waals surface area (Å²) in [5, 5.41) is 34.4. The lowest BCUT2D eigenvalue weighted by Crippen LogP contribution is -2.64. The molecule has 1 fully saturated rings. The molecule has 0 bridgehead atoms. The van der Waals surface area contributed by atoms with Crippen molar-refractivity contribution in [3.8, 4) is 0 Å². The van der Waals surface area contributed by atoms with Crippen molar-refractivity contribution in [2.45, 2.75) is 247 Å². The van der Waals surface area contributed by atoms with Gasteiger partial charge in [0.05, 0.1) is 11.7 Å². The first kappa shape index (κ1) is 81.8. The normalized spacial score (nSPS) is 27.0. The molecule has 0 aromatic rings. The Bertz CT molecular complexity index is 2470. The number of allylic oxidation sites excluding steroid dienone is 2. The molecule has 0 aliphatic carbocycles. The molecule has 1 heterocycles. The zero-order chi connectivity index (χ0) is 69.9. The van der Waals surface area contributed by atoms with Gasteiger partial charge in [-0.3, -0.25) is 52.7 Å². The van der Waals surface area contributed by atoms with Gasteiger partial charge in [-0.1, -0.05) is 95.2 Å². The Morgan fingerprint density at radius 2 is 0.922 bits per heavy atom. The average Bonchev–Trinajstić information content (AvgIpc) is 0.843. The van der Waals surface area contributed by atoms with Crippen molar-refractivity contribution in [3.63, 3.8) is 0 Å². The number of carbonyl (C=O) groups excluding carboxylic acids is 11. The fourth-order valence-electron chi connectivity index (χ4n) is 11.4. The lowest BCUT2D eigenvalue weighted by Gasteiger charge is -2.41. The predicted octanol–water partition coefficient (Wildman–Crippen LogP) is 2.49. The first-order chi connectivity index (χ1) is 41.5. The van der Waals surface area contributed by atoms with Gasteiger partial charge in [-0.15, -0.1) is 0 Å². The van der Waals surface area contributed by atoms with E-state index in [4.69, 9.17) is 5.73 Å². The summed E-state index contributed by atoms with van der Waals surface area (Å²) in [7, 11) is 9.74. The molecule has 1 aliphatic rings. The summed E-state index contributed by atoms with van der Waals surface area (Å²) >= 11 is 0. The average molecular weight is 1280 g/mol. The molecule has 8 N–H and O–H groups in total. The van der Waals surface area contributed by atoms with Gasteiger partial charge in [0, 0.05) is 55.8 Å². The molecule has 25 nitrogen and oxygen atoms in total. The van der Waals surface area contributed by atoms with Crippen LogP contribution in [-0.4, -0.2) is 244 Å². The van der Waals surface area contributed by atoms with E-state index < -0.39 is 161 Å². The van der Waals surface area contributed by atoms with Gasteiger partial charge in [0.15, 0.2) is 0 Å². The number of carbonyl (C=O) groups is 11. The summed E-state index contributed by atoms with van der Waals surface area (Å²) in [6, 6.07) is -14.4. The molecule has 13 atom stereocenters. The summed E-state index contributed by atoms with van der Waals surface area (Å²) in [5.41, 5.74) is 4.41. The molecule has 90 heavy (non-hydrogen) atoms. The first-order valence-electron chi connectivity index (χ1n) is 32.3. The summed E-state index contributed by atoms with van der Waals surface area (Å²) in [4.78, 5) is 171. The lowest BCUT2D eigenvalue weighted by atomic mass is 9.91. The number of nitrogens with one attached hydrogen (secondary N) is 4. The molecule has 0 radical (unpaired) electrons. The molecule has 0 unspecified atom stereocenters. The van der Waals surface area contributed by atoms with Gasteiger partial charge >= 0.3 is 0 Å². The van der Waals surface area contributed by atoms with Crippen LogP contribution in [0.3, 0.4) is 0 Å². The molecule has 0 aromatic carbocycles. The van der Waals surface area contributed by atoms with Crippen LogP contribution >= 0.6 is 0 Å². The highest BCUT2D eigenvalue weighted by Gasteiger charge is 2.47. The van der Waals surface area contributed by atoms with Gasteiger partial charge in [0.25, 0.3) is 0 Å². The maximum atomic E-state index is 15.3. The fourth-order valence-corrected chi connectivity index (χ4v) is 11.4. The van der Waals surface area contributed by atoms with Crippen molar-refractivity contribution in [1.29, 1.82) is 0 Å². The Morgan fingerprint density at radius 1 is 0.500 bits per heavy atom. The maximum absolute atomic E-state index is 15.3. The van der Waals surface area contributed by atoms with Gasteiger partial charge in [0.1, 0.15) is 66.5 Å². The van der Waals surface area contributed by atoms with Gasteiger partial charge in [-0.2, -0.15) is 0 Å². The number of hydrogen-bond acceptors (Lipinski definition) is 14. The number of nitrogens with zero attached hydrogens (tertiary/aromatic N) is 7. The summed E-state index contributed by atoms with van der Waals surface area (Å²) in [6.45, 7) is 28.9. The van der Waals surface area contributed by atoms with Crippen molar-refractivity contribution in [3.05, 3.63) is 12.2 Å². The predicted molar refractivity (Wildman–Crippen MR) is 347 cm³/mol. The Balaban J connectivity index is 4.51. The third-order valence-electron chi connectivity index (χ3n) is 17.1. The van der Waals surface area contributed by atoms with Crippen molar-refractivity contribution < 1.29 is 63.0 Å². The van der Waals surface area contributed by atoms with Crippen LogP contribution in [0.25, 0.3) is 0 Å². The number of amides is 11. The smallest absolute Gasteiger partial charge is 0.246 e. The Labute approximate surface area is 538 Å². The van der Waals surface area contributed by atoms with Crippen molar-refractivity contribution in [1.82, 2.24) is 55.6 Å². The minimum atomic E-state index is -1.66. The zero-order valence-electron chi connectivity index (χ0n) is 59.0. The van der Waals surface area contributed by atoms with E-state index in [-0.39, 0.29) is 75.7 Å². The lowest BCUT2D eigenvalue weighted by molar-refractivity contribution is -0.157. The molecular weight excluding hydrogens is 1160 g/mol. The topological polar surface area (TPSA) is 325 Å². The van der Waals surface area contributed by atoms with Crippen LogP contribution in [0, 0.1) is 35.5 Å². The molecule has 0 aromatic heterocycles. The number of likely N-dealkylation sites (N-methyl/N-ethyl adjacent to an activating group) is 7. The molecule has 0 saturated carbocycles. The Kier molecular flexibility index (Phi) is 33.4. The van der Waals surface area contributed by atoms with Crippen LogP contribution in [0.4, 0.5) is 0 Å². The van der Waals surface area contributed by atoms with Crippen LogP contribution in [0.15, 0.2) is 12.2 Å². The molecule has 516 valence electrons. The van der Waals surface area contributed by atoms with Gasteiger partial charge in [-0.05, 0) is 122 Å². The van der Waals surface area contributed by atoms with E-state index in [1.807, 2.05) is 41.5 Å². The van der Waals surface area contributed by atoms with Gasteiger partial charge < -0.3 is 71.5 Å². The molecular formula is C65H118N12O13. The van der Waals surface area contributed by atoms with Crippen LogP contribution in [0.1, 0.15) is 169 Å². The van der Waals surface area contributed by atoms with Crippen molar-refractivity contribution >= 4 is 65.0 Å². The monoisotopic (exact) mass is 1270 g/mol. The van der Waals surface area contributed by atoms with E-state index >= 15 is 24.0 Å². The third-order valence-corrected chi connectivity index (χ3v) is 17.1. The Hall–Kier alpha value is -6.21. The molecule has 1 saturated heterocycles. The van der Waals surface area contributed by atoms with Crippen LogP contribution in [0.5, 0.6) is 0 Å². The summed E-state index contributed by atoms with van der Waals surface area (Å²) in [6.07, 6.45) is 2.51. The molecule has 1 rings (SSSR count). The highest BCUT2D eigenvalue weighted by molar-refractivity contribution is 6.00. The highest BCUT2D eigenvalue weighted by Crippen LogP contribution is 2.27. The van der Waals surface area contributed by atoms with Crippen molar-refractivity contribution in [2.24, 2.45) is 41.2 Å². The van der Waals surface area contributed by atoms with Crippen molar-refractivity contribution in [2.75, 3.05) is 55.9 Å². The standard InChI is InChI=1S/C65H118N12O13/c1-25-27-29-41(13)53(78)52-57(82)69-44(26-2)59(84)71(18)45(30-28-31-66)60(85)75(22)49(35-65(16,17)90)56(81)70-50(39(9)10)63(88)72(19)46(32-36(3)4)55(80)67-42(14)54(79)68-43(15)58(83)73(20)47(33-37(5)6)61(86)74(21)48(34-38(7)8)62(87)76(23)51(40(11)12)64(89)77(52)24/h25,27,36-53,78,90H,26,28-35,66H2,1-24H3,(H,67,80)(H,68,79)(H,69,82)(H,70,81)/t41-,42+,43-,44+,45-,46+,47+,48+,49+,50+,51+,52+,53-/m1/s1.